The van der Waals surface area contributed by atoms with E-state index >= 15 is 0 Å². The van der Waals surface area contributed by atoms with Gasteiger partial charge in [0, 0.05) is 27.9 Å². The summed E-state index contributed by atoms with van der Waals surface area (Å²) in [5.74, 6) is 2.05. The summed E-state index contributed by atoms with van der Waals surface area (Å²) in [6.45, 7) is 11.0. The standard InChI is InChI=1S/C13H15ClN4S.C10H13Cl2N3O.C9H12S/c1-8-16-12(15)11(14)13(17-8)18(2)9-4-6-10(19-3)7-5-9;1-5-13-7(12)6(11)8(14-5)15-9(16)10(2,3)4;1-3-8-4-6-9(10-2)7-5-8/h4-7H,1-3H3,(H2,15,16,17);1-4H3,(H,13,14,15,16);4-7H,3H2,1-2H3. The lowest BCUT2D eigenvalue weighted by Crippen LogP contribution is -2.28. The molecule has 0 aliphatic rings. The van der Waals surface area contributed by atoms with E-state index < -0.39 is 5.41 Å². The van der Waals surface area contributed by atoms with Gasteiger partial charge in [-0.2, -0.15) is 0 Å². The number of amides is 1. The third-order valence-corrected chi connectivity index (χ3v) is 8.73. The summed E-state index contributed by atoms with van der Waals surface area (Å²) in [6, 6.07) is 16.9. The number of hydrogen-bond donors (Lipinski definition) is 2. The summed E-state index contributed by atoms with van der Waals surface area (Å²) in [6.07, 6.45) is 5.28. The molecule has 2 heterocycles. The average molecular weight is 709 g/mol. The Morgan fingerprint density at radius 2 is 1.36 bits per heavy atom. The predicted molar refractivity (Wildman–Crippen MR) is 195 cm³/mol. The molecule has 3 N–H and O–H groups in total. The quantitative estimate of drug-likeness (QED) is 0.149. The van der Waals surface area contributed by atoms with Crippen molar-refractivity contribution in [1.82, 2.24) is 19.9 Å². The maximum Gasteiger partial charge on any atom is 0.230 e. The summed E-state index contributed by atoms with van der Waals surface area (Å²) < 4.78 is 0. The van der Waals surface area contributed by atoms with E-state index in [2.05, 4.69) is 74.8 Å². The van der Waals surface area contributed by atoms with Gasteiger partial charge in [-0.1, -0.05) is 74.6 Å². The van der Waals surface area contributed by atoms with E-state index in [1.807, 2.05) is 30.3 Å². The van der Waals surface area contributed by atoms with E-state index in [9.17, 15) is 4.79 Å². The molecule has 1 amide bonds. The maximum atomic E-state index is 11.7. The van der Waals surface area contributed by atoms with Crippen LogP contribution in [0.25, 0.3) is 0 Å². The molecule has 0 saturated heterocycles. The van der Waals surface area contributed by atoms with Crippen LogP contribution in [-0.2, 0) is 11.2 Å². The molecule has 0 unspecified atom stereocenters. The van der Waals surface area contributed by atoms with E-state index in [1.165, 1.54) is 15.4 Å². The fraction of sp³-hybridized carbons (Fsp3) is 0.344. The van der Waals surface area contributed by atoms with E-state index in [4.69, 9.17) is 40.5 Å². The summed E-state index contributed by atoms with van der Waals surface area (Å²) >= 11 is 21.3. The van der Waals surface area contributed by atoms with Gasteiger partial charge in [0.05, 0.1) is 0 Å². The van der Waals surface area contributed by atoms with Crippen LogP contribution < -0.4 is 16.0 Å². The van der Waals surface area contributed by atoms with Crippen LogP contribution in [0.3, 0.4) is 0 Å². The average Bonchev–Trinajstić information content (AvgIpc) is 3.01. The predicted octanol–water partition coefficient (Wildman–Crippen LogP) is 9.56. The van der Waals surface area contributed by atoms with Crippen molar-refractivity contribution in [1.29, 1.82) is 0 Å². The number of halogens is 3. The van der Waals surface area contributed by atoms with Crippen LogP contribution in [0.4, 0.5) is 23.1 Å². The summed E-state index contributed by atoms with van der Waals surface area (Å²) in [5.41, 5.74) is 7.66. The lowest BCUT2D eigenvalue weighted by atomic mass is 9.96. The van der Waals surface area contributed by atoms with Crippen LogP contribution in [-0.4, -0.2) is 45.4 Å². The molecule has 13 heteroatoms. The van der Waals surface area contributed by atoms with E-state index in [0.717, 1.165) is 12.1 Å². The molecule has 2 aromatic heterocycles. The van der Waals surface area contributed by atoms with E-state index in [0.29, 0.717) is 28.3 Å². The number of nitrogen functional groups attached to an aromatic ring is 1. The molecule has 0 saturated carbocycles. The van der Waals surface area contributed by atoms with Crippen molar-refractivity contribution >= 4 is 87.4 Å². The number of carbonyl (C=O) groups excluding carboxylic acids is 1. The number of nitrogens with one attached hydrogen (secondary N) is 1. The second-order valence-electron chi connectivity index (χ2n) is 10.7. The number of aryl methyl sites for hydroxylation is 3. The first kappa shape index (κ1) is 38.4. The van der Waals surface area contributed by atoms with Gasteiger partial charge < -0.3 is 16.0 Å². The minimum atomic E-state index is -0.519. The van der Waals surface area contributed by atoms with Crippen molar-refractivity contribution in [3.63, 3.8) is 0 Å². The molecule has 4 rings (SSSR count). The highest BCUT2D eigenvalue weighted by Crippen LogP contribution is 2.32. The normalized spacial score (nSPS) is 10.7. The van der Waals surface area contributed by atoms with Crippen LogP contribution in [0, 0.1) is 19.3 Å². The number of nitrogens with two attached hydrogens (primary N) is 1. The summed E-state index contributed by atoms with van der Waals surface area (Å²) in [5, 5.41) is 3.30. The number of nitrogens with zero attached hydrogens (tertiary/aromatic N) is 5. The van der Waals surface area contributed by atoms with E-state index in [1.54, 1.807) is 58.1 Å². The molecule has 4 aromatic rings. The third kappa shape index (κ3) is 11.8. The monoisotopic (exact) mass is 707 g/mol. The molecule has 0 bridgehead atoms. The van der Waals surface area contributed by atoms with Crippen molar-refractivity contribution < 1.29 is 4.79 Å². The molecule has 0 aliphatic heterocycles. The highest BCUT2D eigenvalue weighted by Gasteiger charge is 2.23. The van der Waals surface area contributed by atoms with Crippen LogP contribution in [0.5, 0.6) is 0 Å². The molecular weight excluding hydrogens is 669 g/mol. The zero-order valence-electron chi connectivity index (χ0n) is 27.0. The molecular formula is C32H40Cl3N7OS2. The molecule has 0 spiro atoms. The Labute approximate surface area is 290 Å². The van der Waals surface area contributed by atoms with Gasteiger partial charge in [0.15, 0.2) is 16.8 Å². The zero-order chi connectivity index (χ0) is 33.9. The van der Waals surface area contributed by atoms with Crippen LogP contribution >= 0.6 is 58.3 Å². The summed E-state index contributed by atoms with van der Waals surface area (Å²) in [7, 11) is 1.90. The van der Waals surface area contributed by atoms with E-state index in [-0.39, 0.29) is 21.9 Å². The van der Waals surface area contributed by atoms with Crippen LogP contribution in [0.15, 0.2) is 58.3 Å². The first-order valence-corrected chi connectivity index (χ1v) is 17.5. The van der Waals surface area contributed by atoms with Gasteiger partial charge in [-0.15, -0.1) is 23.5 Å². The second-order valence-corrected chi connectivity index (χ2v) is 13.6. The van der Waals surface area contributed by atoms with Gasteiger partial charge in [-0.3, -0.25) is 4.79 Å². The van der Waals surface area contributed by atoms with Crippen LogP contribution in [0.2, 0.25) is 15.2 Å². The third-order valence-electron chi connectivity index (χ3n) is 6.15. The lowest BCUT2D eigenvalue weighted by Gasteiger charge is -2.20. The first-order chi connectivity index (χ1) is 21.1. The Bertz CT molecular complexity index is 1540. The molecule has 8 nitrogen and oxygen atoms in total. The Kier molecular flexibility index (Phi) is 15.2. The Morgan fingerprint density at radius 3 is 1.84 bits per heavy atom. The Balaban J connectivity index is 0.000000246. The molecule has 242 valence electrons. The SMILES string of the molecule is CCc1ccc(SC)cc1.CSc1ccc(N(C)c2nc(C)nc(N)c2Cl)cc1.Cc1nc(Cl)c(Cl)c(NC(=O)C(C)(C)C)n1. The topological polar surface area (TPSA) is 110 Å². The maximum absolute atomic E-state index is 11.7. The number of aromatic nitrogens is 4. The van der Waals surface area contributed by atoms with Gasteiger partial charge in [0.25, 0.3) is 0 Å². The lowest BCUT2D eigenvalue weighted by molar-refractivity contribution is -0.123. The molecule has 0 radical (unpaired) electrons. The molecule has 0 fully saturated rings. The fourth-order valence-corrected chi connectivity index (χ4v) is 4.85. The Hall–Kier alpha value is -2.76. The van der Waals surface area contributed by atoms with Crippen molar-refractivity contribution in [3.8, 4) is 0 Å². The Morgan fingerprint density at radius 1 is 0.844 bits per heavy atom. The largest absolute Gasteiger partial charge is 0.382 e. The number of benzene rings is 2. The van der Waals surface area contributed by atoms with Gasteiger partial charge in [-0.05, 0) is 74.7 Å². The van der Waals surface area contributed by atoms with Crippen molar-refractivity contribution in [2.75, 3.05) is 35.5 Å². The molecule has 0 atom stereocenters. The van der Waals surface area contributed by atoms with Gasteiger partial charge >= 0.3 is 0 Å². The molecule has 45 heavy (non-hydrogen) atoms. The van der Waals surface area contributed by atoms with Crippen LogP contribution in [0.1, 0.15) is 44.9 Å². The van der Waals surface area contributed by atoms with Crippen molar-refractivity contribution in [2.24, 2.45) is 5.41 Å². The number of thioether (sulfide) groups is 2. The van der Waals surface area contributed by atoms with Gasteiger partial charge in [0.2, 0.25) is 5.91 Å². The minimum absolute atomic E-state index is 0.137. The van der Waals surface area contributed by atoms with Gasteiger partial charge in [0.1, 0.15) is 27.5 Å². The molecule has 0 aliphatic carbocycles. The van der Waals surface area contributed by atoms with Crippen molar-refractivity contribution in [3.05, 3.63) is 80.9 Å². The second kappa shape index (κ2) is 17.8. The number of anilines is 4. The smallest absolute Gasteiger partial charge is 0.230 e. The highest BCUT2D eigenvalue weighted by molar-refractivity contribution is 7.98. The zero-order valence-corrected chi connectivity index (χ0v) is 30.9. The summed E-state index contributed by atoms with van der Waals surface area (Å²) in [4.78, 5) is 32.5. The molecule has 2 aromatic carbocycles. The number of carbonyl (C=O) groups is 1. The minimum Gasteiger partial charge on any atom is -0.382 e. The number of hydrogen-bond acceptors (Lipinski definition) is 9. The van der Waals surface area contributed by atoms with Crippen molar-refractivity contribution in [2.45, 2.75) is 57.8 Å². The fourth-order valence-electron chi connectivity index (χ4n) is 3.48. The number of rotatable bonds is 6. The first-order valence-electron chi connectivity index (χ1n) is 13.9. The van der Waals surface area contributed by atoms with Gasteiger partial charge in [-0.25, -0.2) is 19.9 Å². The highest BCUT2D eigenvalue weighted by atomic mass is 35.5.